The molecule has 0 spiro atoms. The number of aromatic amines is 1. The van der Waals surface area contributed by atoms with Crippen molar-refractivity contribution in [1.29, 1.82) is 0 Å². The van der Waals surface area contributed by atoms with E-state index in [-0.39, 0.29) is 56.5 Å². The molecule has 2 heterocycles. The van der Waals surface area contributed by atoms with E-state index in [9.17, 15) is 33.6 Å². The van der Waals surface area contributed by atoms with Gasteiger partial charge in [0.15, 0.2) is 0 Å². The number of H-pyrrole nitrogens is 1. The first-order chi connectivity index (χ1) is 27.5. The lowest BCUT2D eigenvalue weighted by atomic mass is 9.99. The molecule has 0 radical (unpaired) electrons. The summed E-state index contributed by atoms with van der Waals surface area (Å²) in [5.74, 6) is -3.55. The maximum absolute atomic E-state index is 14.3. The molecule has 0 saturated carbocycles. The van der Waals surface area contributed by atoms with Crippen LogP contribution in [0, 0.1) is 11.8 Å². The summed E-state index contributed by atoms with van der Waals surface area (Å²) in [5.41, 5.74) is 2.27. The van der Waals surface area contributed by atoms with Crippen LogP contribution < -0.4 is 36.6 Å². The minimum atomic E-state index is -1.19. The van der Waals surface area contributed by atoms with Crippen LogP contribution in [0.15, 0.2) is 54.7 Å². The molecule has 1 aromatic heterocycles. The predicted molar refractivity (Wildman–Crippen MR) is 218 cm³/mol. The normalized spacial score (nSPS) is 21.6. The third-order valence-corrected chi connectivity index (χ3v) is 10.0. The highest BCUT2D eigenvalue weighted by Crippen LogP contribution is 2.20. The number of nitrogens with one attached hydrogen (secondary N) is 7. The van der Waals surface area contributed by atoms with Crippen molar-refractivity contribution < 1.29 is 38.3 Å². The van der Waals surface area contributed by atoms with E-state index in [1.165, 1.54) is 25.9 Å². The first kappa shape index (κ1) is 44.8. The molecule has 16 nitrogen and oxygen atoms in total. The number of benzene rings is 2. The summed E-state index contributed by atoms with van der Waals surface area (Å²) in [6.45, 7) is 9.78. The minimum absolute atomic E-state index is 0.0245. The van der Waals surface area contributed by atoms with Gasteiger partial charge < -0.3 is 46.5 Å². The van der Waals surface area contributed by atoms with Gasteiger partial charge in [0, 0.05) is 62.4 Å². The van der Waals surface area contributed by atoms with Crippen molar-refractivity contribution in [3.63, 3.8) is 0 Å². The zero-order valence-electron chi connectivity index (χ0n) is 34.4. The number of hydrogen-bond acceptors (Lipinski definition) is 8. The Morgan fingerprint density at radius 3 is 2.10 bits per heavy atom. The second-order valence-electron chi connectivity index (χ2n) is 15.6. The van der Waals surface area contributed by atoms with Crippen LogP contribution in [0.4, 0.5) is 0 Å². The van der Waals surface area contributed by atoms with Crippen molar-refractivity contribution in [2.24, 2.45) is 11.8 Å². The Balaban J connectivity index is 1.75. The Morgan fingerprint density at radius 1 is 0.810 bits per heavy atom. The molecule has 0 aliphatic carbocycles. The van der Waals surface area contributed by atoms with E-state index < -0.39 is 72.2 Å². The smallest absolute Gasteiger partial charge is 0.243 e. The van der Waals surface area contributed by atoms with Gasteiger partial charge in [-0.1, -0.05) is 58.0 Å². The average molecular weight is 803 g/mol. The van der Waals surface area contributed by atoms with E-state index in [1.54, 1.807) is 30.5 Å². The quantitative estimate of drug-likeness (QED) is 0.150. The van der Waals surface area contributed by atoms with E-state index in [0.29, 0.717) is 11.3 Å². The van der Waals surface area contributed by atoms with Crippen LogP contribution in [0.25, 0.3) is 10.9 Å². The van der Waals surface area contributed by atoms with Crippen molar-refractivity contribution >= 4 is 52.3 Å². The number of rotatable bonds is 11. The predicted octanol–water partition coefficient (Wildman–Crippen LogP) is 1.48. The van der Waals surface area contributed by atoms with Gasteiger partial charge >= 0.3 is 0 Å². The number of nitrogens with zero attached hydrogens (tertiary/aromatic N) is 1. The molecule has 4 rings (SSSR count). The summed E-state index contributed by atoms with van der Waals surface area (Å²) < 4.78 is 5.28. The zero-order valence-corrected chi connectivity index (χ0v) is 34.4. The van der Waals surface area contributed by atoms with E-state index >= 15 is 0 Å². The SMILES string of the molecule is COc1ccc(C[C@@H]2NC(=O)[C@H](CC(C)C)NC(=O)[C@@H](Cc3c[nH]c4ccccc34)NC(=O)CN(C(=O)CCNC(C)=O)C[C@H](C(C)C)NC(=O)[C@@H](C)NC2=O)cc1. The van der Waals surface area contributed by atoms with Gasteiger partial charge in [-0.15, -0.1) is 0 Å². The highest BCUT2D eigenvalue weighted by Gasteiger charge is 2.34. The van der Waals surface area contributed by atoms with E-state index in [0.717, 1.165) is 16.5 Å². The lowest BCUT2D eigenvalue weighted by molar-refractivity contribution is -0.138. The Hall–Kier alpha value is -5.93. The van der Waals surface area contributed by atoms with Gasteiger partial charge in [0.25, 0.3) is 0 Å². The van der Waals surface area contributed by atoms with Crippen molar-refractivity contribution in [3.05, 3.63) is 65.9 Å². The molecule has 1 fully saturated rings. The number of hydrogen-bond donors (Lipinski definition) is 7. The number of ether oxygens (including phenoxy) is 1. The maximum atomic E-state index is 14.3. The first-order valence-electron chi connectivity index (χ1n) is 19.8. The van der Waals surface area contributed by atoms with Gasteiger partial charge in [-0.25, -0.2) is 0 Å². The molecule has 1 saturated heterocycles. The average Bonchev–Trinajstić information content (AvgIpc) is 3.58. The van der Waals surface area contributed by atoms with Crippen LogP contribution in [0.1, 0.15) is 65.5 Å². The molecular formula is C42H58N8O8. The topological polar surface area (TPSA) is 220 Å². The van der Waals surface area contributed by atoms with Crippen molar-refractivity contribution in [2.45, 2.75) is 97.4 Å². The molecular weight excluding hydrogens is 745 g/mol. The zero-order chi connectivity index (χ0) is 42.5. The van der Waals surface area contributed by atoms with Gasteiger partial charge in [-0.05, 0) is 54.5 Å². The number of carbonyl (C=O) groups excluding carboxylic acids is 7. The van der Waals surface area contributed by atoms with Gasteiger partial charge in [-0.2, -0.15) is 0 Å². The van der Waals surface area contributed by atoms with E-state index in [4.69, 9.17) is 4.74 Å². The van der Waals surface area contributed by atoms with Gasteiger partial charge in [0.2, 0.25) is 41.4 Å². The molecule has 16 heteroatoms. The summed E-state index contributed by atoms with van der Waals surface area (Å²) >= 11 is 0. The number of methoxy groups -OCH3 is 1. The van der Waals surface area contributed by atoms with Crippen LogP contribution >= 0.6 is 0 Å². The summed E-state index contributed by atoms with van der Waals surface area (Å²) in [6.07, 6.45) is 1.93. The van der Waals surface area contributed by atoms with Gasteiger partial charge in [0.05, 0.1) is 13.7 Å². The van der Waals surface area contributed by atoms with Crippen LogP contribution in [-0.4, -0.2) is 108 Å². The first-order valence-corrected chi connectivity index (χ1v) is 19.8. The van der Waals surface area contributed by atoms with E-state index in [1.807, 2.05) is 52.0 Å². The molecule has 2 aromatic carbocycles. The second-order valence-corrected chi connectivity index (χ2v) is 15.6. The van der Waals surface area contributed by atoms with Crippen molar-refractivity contribution in [3.8, 4) is 5.75 Å². The molecule has 1 aliphatic rings. The van der Waals surface area contributed by atoms with Crippen molar-refractivity contribution in [1.82, 2.24) is 41.8 Å². The van der Waals surface area contributed by atoms with Crippen LogP contribution in [-0.2, 0) is 46.4 Å². The number of para-hydroxylation sites is 1. The molecule has 1 aliphatic heterocycles. The van der Waals surface area contributed by atoms with Crippen molar-refractivity contribution in [2.75, 3.05) is 26.7 Å². The Bertz CT molecular complexity index is 1930. The Morgan fingerprint density at radius 2 is 1.45 bits per heavy atom. The van der Waals surface area contributed by atoms with Gasteiger partial charge in [-0.3, -0.25) is 33.6 Å². The molecule has 0 bridgehead atoms. The maximum Gasteiger partial charge on any atom is 0.243 e. The fourth-order valence-electron chi connectivity index (χ4n) is 6.70. The number of carbonyl (C=O) groups is 7. The summed E-state index contributed by atoms with van der Waals surface area (Å²) in [7, 11) is 1.54. The molecule has 7 amide bonds. The summed E-state index contributed by atoms with van der Waals surface area (Å²) in [4.78, 5) is 99.7. The number of fused-ring (bicyclic) bond motifs is 1. The Kier molecular flexibility index (Phi) is 16.2. The highest BCUT2D eigenvalue weighted by molar-refractivity contribution is 5.96. The van der Waals surface area contributed by atoms with Crippen LogP contribution in [0.3, 0.4) is 0 Å². The van der Waals surface area contributed by atoms with Crippen LogP contribution in [0.5, 0.6) is 5.75 Å². The second kappa shape index (κ2) is 21.0. The fraction of sp³-hybridized carbons (Fsp3) is 0.500. The molecule has 3 aromatic rings. The molecule has 58 heavy (non-hydrogen) atoms. The van der Waals surface area contributed by atoms with E-state index in [2.05, 4.69) is 36.9 Å². The highest BCUT2D eigenvalue weighted by atomic mass is 16.5. The number of aromatic nitrogens is 1. The summed E-state index contributed by atoms with van der Waals surface area (Å²) in [5, 5.41) is 17.6. The van der Waals surface area contributed by atoms with Crippen LogP contribution in [0.2, 0.25) is 0 Å². The molecule has 314 valence electrons. The molecule has 7 N–H and O–H groups in total. The molecule has 0 unspecified atom stereocenters. The Labute approximate surface area is 339 Å². The molecule has 5 atom stereocenters. The number of amides is 7. The third-order valence-electron chi connectivity index (χ3n) is 10.0. The summed E-state index contributed by atoms with van der Waals surface area (Å²) in [6, 6.07) is 9.32. The van der Waals surface area contributed by atoms with Gasteiger partial charge in [0.1, 0.15) is 29.9 Å². The fourth-order valence-corrected chi connectivity index (χ4v) is 6.70. The minimum Gasteiger partial charge on any atom is -0.497 e. The standard InChI is InChI=1S/C42H58N8O8/c1-24(2)18-33-41(56)48-34(19-28-12-14-30(58-7)15-13-28)40(55)45-26(5)39(54)49-36(25(3)4)22-50(38(53)16-17-43-27(6)51)23-37(52)46-35(42(57)47-33)20-29-21-44-32-11-9-8-10-31(29)32/h8-15,21,24-26,33-36,44H,16-20,22-23H2,1-7H3,(H,43,51)(H,45,55)(H,46,52)(H,47,57)(H,48,56)(H,49,54)/t26-,33+,34+,35-,36-/m1/s1. The monoisotopic (exact) mass is 802 g/mol. The largest absolute Gasteiger partial charge is 0.497 e. The lowest BCUT2D eigenvalue weighted by Gasteiger charge is -2.32. The third kappa shape index (κ3) is 13.1. The lowest BCUT2D eigenvalue weighted by Crippen LogP contribution is -2.60.